The molecule has 3 aromatic carbocycles. The minimum Gasteiger partial charge on any atom is -0.497 e. The molecular formula is C24H24N2O3. The molecule has 0 aliphatic carbocycles. The smallest absolute Gasteiger partial charge is 0.255 e. The normalized spacial score (nSPS) is 10.3. The summed E-state index contributed by atoms with van der Waals surface area (Å²) in [6, 6.07) is 19.7. The Morgan fingerprint density at radius 1 is 0.828 bits per heavy atom. The quantitative estimate of drug-likeness (QED) is 0.619. The van der Waals surface area contributed by atoms with Crippen molar-refractivity contribution < 1.29 is 14.3 Å². The van der Waals surface area contributed by atoms with Crippen molar-refractivity contribution in [1.29, 1.82) is 0 Å². The molecule has 0 saturated heterocycles. The molecule has 148 valence electrons. The lowest BCUT2D eigenvalue weighted by atomic mass is 10.0. The molecule has 0 saturated carbocycles. The standard InChI is InChI=1S/C24H24N2O3/c1-4-17-7-5-6-16(2)22(17)26-24(28)19-10-8-18(9-11-19)23(27)25-20-12-14-21(29-3)15-13-20/h5-15H,4H2,1-3H3,(H,25,27)(H,26,28). The van der Waals surface area contributed by atoms with Crippen molar-refractivity contribution in [1.82, 2.24) is 0 Å². The van der Waals surface area contributed by atoms with E-state index >= 15 is 0 Å². The van der Waals surface area contributed by atoms with Crippen molar-refractivity contribution in [3.8, 4) is 5.75 Å². The highest BCUT2D eigenvalue weighted by Crippen LogP contribution is 2.22. The zero-order valence-electron chi connectivity index (χ0n) is 16.8. The predicted molar refractivity (Wildman–Crippen MR) is 116 cm³/mol. The topological polar surface area (TPSA) is 67.4 Å². The van der Waals surface area contributed by atoms with E-state index < -0.39 is 0 Å². The Hall–Kier alpha value is -3.60. The first kappa shape index (κ1) is 20.1. The summed E-state index contributed by atoms with van der Waals surface area (Å²) >= 11 is 0. The number of benzene rings is 3. The summed E-state index contributed by atoms with van der Waals surface area (Å²) in [6.07, 6.45) is 0.835. The molecule has 0 bridgehead atoms. The molecule has 5 heteroatoms. The van der Waals surface area contributed by atoms with E-state index in [9.17, 15) is 9.59 Å². The van der Waals surface area contributed by atoms with Crippen LogP contribution in [0.3, 0.4) is 0 Å². The van der Waals surface area contributed by atoms with E-state index in [1.807, 2.05) is 25.1 Å². The number of nitrogens with one attached hydrogen (secondary N) is 2. The lowest BCUT2D eigenvalue weighted by Crippen LogP contribution is -2.15. The van der Waals surface area contributed by atoms with Crippen LogP contribution in [-0.4, -0.2) is 18.9 Å². The van der Waals surface area contributed by atoms with Crippen molar-refractivity contribution in [3.05, 3.63) is 89.0 Å². The van der Waals surface area contributed by atoms with Gasteiger partial charge >= 0.3 is 0 Å². The maximum absolute atomic E-state index is 12.6. The zero-order chi connectivity index (χ0) is 20.8. The molecule has 3 rings (SSSR count). The molecule has 2 amide bonds. The van der Waals surface area contributed by atoms with E-state index in [2.05, 4.69) is 17.6 Å². The zero-order valence-corrected chi connectivity index (χ0v) is 16.8. The lowest BCUT2D eigenvalue weighted by Gasteiger charge is -2.13. The Kier molecular flexibility index (Phi) is 6.29. The summed E-state index contributed by atoms with van der Waals surface area (Å²) in [5.41, 5.74) is 4.60. The number of anilines is 2. The van der Waals surface area contributed by atoms with Crippen molar-refractivity contribution in [2.45, 2.75) is 20.3 Å². The molecule has 2 N–H and O–H groups in total. The molecule has 0 spiro atoms. The second-order valence-electron chi connectivity index (χ2n) is 6.68. The maximum atomic E-state index is 12.6. The Labute approximate surface area is 170 Å². The molecule has 0 aromatic heterocycles. The van der Waals surface area contributed by atoms with Crippen LogP contribution in [0.15, 0.2) is 66.7 Å². The summed E-state index contributed by atoms with van der Waals surface area (Å²) in [4.78, 5) is 25.1. The Balaban J connectivity index is 1.69. The molecule has 3 aromatic rings. The van der Waals surface area contributed by atoms with Crippen LogP contribution in [0.2, 0.25) is 0 Å². The molecule has 0 aliphatic heterocycles. The highest BCUT2D eigenvalue weighted by atomic mass is 16.5. The summed E-state index contributed by atoms with van der Waals surface area (Å²) in [7, 11) is 1.59. The van der Waals surface area contributed by atoms with Gasteiger partial charge in [0.15, 0.2) is 0 Å². The van der Waals surface area contributed by atoms with Gasteiger partial charge in [-0.3, -0.25) is 9.59 Å². The largest absolute Gasteiger partial charge is 0.497 e. The van der Waals surface area contributed by atoms with Crippen LogP contribution in [0.25, 0.3) is 0 Å². The number of carbonyl (C=O) groups excluding carboxylic acids is 2. The third kappa shape index (κ3) is 4.82. The van der Waals surface area contributed by atoms with E-state index in [0.717, 1.165) is 29.0 Å². The lowest BCUT2D eigenvalue weighted by molar-refractivity contribution is 0.101. The molecular weight excluding hydrogens is 364 g/mol. The van der Waals surface area contributed by atoms with E-state index in [0.29, 0.717) is 16.8 Å². The van der Waals surface area contributed by atoms with Crippen LogP contribution < -0.4 is 15.4 Å². The van der Waals surface area contributed by atoms with Crippen molar-refractivity contribution in [2.24, 2.45) is 0 Å². The Bertz CT molecular complexity index is 1010. The van der Waals surface area contributed by atoms with Gasteiger partial charge in [0.25, 0.3) is 11.8 Å². The van der Waals surface area contributed by atoms with E-state index in [4.69, 9.17) is 4.74 Å². The van der Waals surface area contributed by atoms with Gasteiger partial charge < -0.3 is 15.4 Å². The first-order valence-corrected chi connectivity index (χ1v) is 9.47. The number of hydrogen-bond donors (Lipinski definition) is 2. The van der Waals surface area contributed by atoms with Gasteiger partial charge in [0, 0.05) is 22.5 Å². The fraction of sp³-hybridized carbons (Fsp3) is 0.167. The number of rotatable bonds is 6. The number of carbonyl (C=O) groups is 2. The average molecular weight is 388 g/mol. The molecule has 0 heterocycles. The third-order valence-corrected chi connectivity index (χ3v) is 4.74. The van der Waals surface area contributed by atoms with Gasteiger partial charge in [-0.15, -0.1) is 0 Å². The minimum absolute atomic E-state index is 0.198. The van der Waals surface area contributed by atoms with Crippen molar-refractivity contribution in [2.75, 3.05) is 17.7 Å². The average Bonchev–Trinajstić information content (AvgIpc) is 2.75. The summed E-state index contributed by atoms with van der Waals surface area (Å²) in [5, 5.41) is 5.82. The monoisotopic (exact) mass is 388 g/mol. The molecule has 0 unspecified atom stereocenters. The molecule has 0 aliphatic rings. The van der Waals surface area contributed by atoms with Crippen LogP contribution in [-0.2, 0) is 6.42 Å². The molecule has 29 heavy (non-hydrogen) atoms. The molecule has 5 nitrogen and oxygen atoms in total. The number of amides is 2. The second-order valence-corrected chi connectivity index (χ2v) is 6.68. The number of methoxy groups -OCH3 is 1. The maximum Gasteiger partial charge on any atom is 0.255 e. The SMILES string of the molecule is CCc1cccc(C)c1NC(=O)c1ccc(C(=O)Nc2ccc(OC)cc2)cc1. The van der Waals surface area contributed by atoms with Crippen LogP contribution in [0.1, 0.15) is 38.8 Å². The van der Waals surface area contributed by atoms with Crippen LogP contribution in [0, 0.1) is 6.92 Å². The predicted octanol–water partition coefficient (Wildman–Crippen LogP) is 5.07. The van der Waals surface area contributed by atoms with Gasteiger partial charge in [-0.25, -0.2) is 0 Å². The molecule has 0 radical (unpaired) electrons. The van der Waals surface area contributed by atoms with E-state index in [-0.39, 0.29) is 11.8 Å². The van der Waals surface area contributed by atoms with Gasteiger partial charge in [-0.1, -0.05) is 25.1 Å². The number of ether oxygens (including phenoxy) is 1. The highest BCUT2D eigenvalue weighted by Gasteiger charge is 2.12. The number of aryl methyl sites for hydroxylation is 2. The van der Waals surface area contributed by atoms with Crippen LogP contribution in [0.5, 0.6) is 5.75 Å². The second kappa shape index (κ2) is 9.06. The summed E-state index contributed by atoms with van der Waals surface area (Å²) < 4.78 is 5.11. The molecule has 0 atom stereocenters. The fourth-order valence-electron chi connectivity index (χ4n) is 3.04. The molecule has 0 fully saturated rings. The van der Waals surface area contributed by atoms with E-state index in [1.165, 1.54) is 0 Å². The van der Waals surface area contributed by atoms with Gasteiger partial charge in [0.05, 0.1) is 7.11 Å². The van der Waals surface area contributed by atoms with Crippen molar-refractivity contribution in [3.63, 3.8) is 0 Å². The summed E-state index contributed by atoms with van der Waals surface area (Å²) in [6.45, 7) is 4.03. The first-order valence-electron chi connectivity index (χ1n) is 9.47. The number of hydrogen-bond acceptors (Lipinski definition) is 3. The van der Waals surface area contributed by atoms with Gasteiger partial charge in [-0.2, -0.15) is 0 Å². The van der Waals surface area contributed by atoms with Crippen LogP contribution in [0.4, 0.5) is 11.4 Å². The summed E-state index contributed by atoms with van der Waals surface area (Å²) in [5.74, 6) is 0.281. The van der Waals surface area contributed by atoms with Gasteiger partial charge in [0.1, 0.15) is 5.75 Å². The van der Waals surface area contributed by atoms with Gasteiger partial charge in [0.2, 0.25) is 0 Å². The van der Waals surface area contributed by atoms with E-state index in [1.54, 1.807) is 55.6 Å². The van der Waals surface area contributed by atoms with Gasteiger partial charge in [-0.05, 0) is 73.0 Å². The third-order valence-electron chi connectivity index (χ3n) is 4.74. The van der Waals surface area contributed by atoms with Crippen LogP contribution >= 0.6 is 0 Å². The number of para-hydroxylation sites is 1. The Morgan fingerprint density at radius 2 is 1.41 bits per heavy atom. The fourth-order valence-corrected chi connectivity index (χ4v) is 3.04. The minimum atomic E-state index is -0.241. The highest BCUT2D eigenvalue weighted by molar-refractivity contribution is 6.07. The Morgan fingerprint density at radius 3 is 1.97 bits per heavy atom. The van der Waals surface area contributed by atoms with Crippen molar-refractivity contribution >= 4 is 23.2 Å². The first-order chi connectivity index (χ1) is 14.0.